The lowest BCUT2D eigenvalue weighted by molar-refractivity contribution is 0.00354. The van der Waals surface area contributed by atoms with Crippen molar-refractivity contribution in [2.45, 2.75) is 13.0 Å². The predicted molar refractivity (Wildman–Crippen MR) is 63.3 cm³/mol. The van der Waals surface area contributed by atoms with Gasteiger partial charge in [0.1, 0.15) is 0 Å². The maximum atomic E-state index is 5.23. The molecule has 1 aromatic rings. The van der Waals surface area contributed by atoms with E-state index in [4.69, 9.17) is 9.57 Å². The van der Waals surface area contributed by atoms with Crippen LogP contribution < -0.4 is 10.8 Å². The summed E-state index contributed by atoms with van der Waals surface area (Å²) in [6, 6.07) is 6.38. The minimum Gasteiger partial charge on any atom is -0.384 e. The molecule has 0 spiro atoms. The summed E-state index contributed by atoms with van der Waals surface area (Å²) in [4.78, 5) is 5.23. The molecule has 1 heterocycles. The Morgan fingerprint density at radius 1 is 1.38 bits per heavy atom. The first-order valence-corrected chi connectivity index (χ1v) is 5.60. The highest BCUT2D eigenvalue weighted by Gasteiger charge is 2.12. The third-order valence-corrected chi connectivity index (χ3v) is 2.69. The Bertz CT molecular complexity index is 342. The molecule has 0 saturated carbocycles. The second-order valence-corrected chi connectivity index (χ2v) is 3.79. The van der Waals surface area contributed by atoms with Gasteiger partial charge < -0.3 is 10.1 Å². The van der Waals surface area contributed by atoms with Gasteiger partial charge in [0.2, 0.25) is 0 Å². The van der Waals surface area contributed by atoms with Crippen molar-refractivity contribution in [3.63, 3.8) is 0 Å². The van der Waals surface area contributed by atoms with Crippen molar-refractivity contribution < 1.29 is 9.57 Å². The number of rotatable bonds is 6. The first kappa shape index (κ1) is 11.4. The summed E-state index contributed by atoms with van der Waals surface area (Å²) in [7, 11) is 1.66. The Morgan fingerprint density at radius 2 is 2.31 bits per heavy atom. The molecule has 0 amide bonds. The van der Waals surface area contributed by atoms with Crippen molar-refractivity contribution in [1.29, 1.82) is 0 Å². The normalized spacial score (nSPS) is 13.6. The van der Waals surface area contributed by atoms with Gasteiger partial charge in [-0.2, -0.15) is 5.48 Å². The third kappa shape index (κ3) is 2.72. The number of benzene rings is 1. The minimum absolute atomic E-state index is 0.568. The van der Waals surface area contributed by atoms with Crippen molar-refractivity contribution in [2.24, 2.45) is 0 Å². The zero-order valence-electron chi connectivity index (χ0n) is 9.58. The number of hydrogen-bond acceptors (Lipinski definition) is 4. The molecule has 16 heavy (non-hydrogen) atoms. The fourth-order valence-electron chi connectivity index (χ4n) is 1.88. The molecule has 88 valence electrons. The summed E-state index contributed by atoms with van der Waals surface area (Å²) in [5.41, 5.74) is 6.87. The van der Waals surface area contributed by atoms with Gasteiger partial charge in [-0.3, -0.25) is 4.84 Å². The summed E-state index contributed by atoms with van der Waals surface area (Å²) < 4.78 is 4.89. The van der Waals surface area contributed by atoms with Crippen LogP contribution >= 0.6 is 0 Å². The molecular formula is C12H18N2O2. The molecule has 0 aromatic heterocycles. The van der Waals surface area contributed by atoms with E-state index in [2.05, 4.69) is 29.0 Å². The van der Waals surface area contributed by atoms with Gasteiger partial charge in [-0.05, 0) is 17.5 Å². The van der Waals surface area contributed by atoms with Crippen molar-refractivity contribution in [2.75, 3.05) is 32.2 Å². The van der Waals surface area contributed by atoms with Gasteiger partial charge in [-0.15, -0.1) is 0 Å². The van der Waals surface area contributed by atoms with Crippen LogP contribution in [0.1, 0.15) is 11.1 Å². The maximum Gasteiger partial charge on any atom is 0.0916 e. The Balaban J connectivity index is 1.83. The molecule has 0 saturated heterocycles. The van der Waals surface area contributed by atoms with E-state index in [0.29, 0.717) is 13.2 Å². The standard InChI is InChI=1S/C12H18N2O2/c1-15-7-8-16-14-9-11-4-2-3-10-5-6-13-12(10)11/h2-4,13-14H,5-9H2,1H3. The lowest BCUT2D eigenvalue weighted by Gasteiger charge is -2.10. The van der Waals surface area contributed by atoms with Crippen LogP contribution in [0.3, 0.4) is 0 Å². The Hall–Kier alpha value is -1.10. The molecule has 4 heteroatoms. The summed E-state index contributed by atoms with van der Waals surface area (Å²) in [5.74, 6) is 0. The van der Waals surface area contributed by atoms with Gasteiger partial charge in [-0.1, -0.05) is 18.2 Å². The van der Waals surface area contributed by atoms with Crippen LogP contribution in [-0.4, -0.2) is 26.9 Å². The van der Waals surface area contributed by atoms with Crippen molar-refractivity contribution in [1.82, 2.24) is 5.48 Å². The molecule has 0 fully saturated rings. The van der Waals surface area contributed by atoms with E-state index < -0.39 is 0 Å². The Labute approximate surface area is 95.9 Å². The number of methoxy groups -OCH3 is 1. The number of anilines is 1. The average molecular weight is 222 g/mol. The number of nitrogens with one attached hydrogen (secondary N) is 2. The molecule has 1 aliphatic rings. The first-order valence-electron chi connectivity index (χ1n) is 5.60. The van der Waals surface area contributed by atoms with Gasteiger partial charge in [-0.25, -0.2) is 0 Å². The molecule has 4 nitrogen and oxygen atoms in total. The second kappa shape index (κ2) is 5.84. The summed E-state index contributed by atoms with van der Waals surface area (Å²) >= 11 is 0. The highest BCUT2D eigenvalue weighted by Crippen LogP contribution is 2.25. The van der Waals surface area contributed by atoms with E-state index in [0.717, 1.165) is 19.5 Å². The van der Waals surface area contributed by atoms with E-state index in [9.17, 15) is 0 Å². The highest BCUT2D eigenvalue weighted by molar-refractivity contribution is 5.61. The maximum absolute atomic E-state index is 5.23. The van der Waals surface area contributed by atoms with E-state index in [-0.39, 0.29) is 0 Å². The monoisotopic (exact) mass is 222 g/mol. The summed E-state index contributed by atoms with van der Waals surface area (Å²) in [6.45, 7) is 2.94. The van der Waals surface area contributed by atoms with E-state index >= 15 is 0 Å². The van der Waals surface area contributed by atoms with Gasteiger partial charge in [0.05, 0.1) is 13.2 Å². The van der Waals surface area contributed by atoms with E-state index in [1.165, 1.54) is 16.8 Å². The van der Waals surface area contributed by atoms with Gasteiger partial charge in [0.15, 0.2) is 0 Å². The molecule has 0 atom stereocenters. The molecule has 0 aliphatic carbocycles. The number of ether oxygens (including phenoxy) is 1. The lowest BCUT2D eigenvalue weighted by atomic mass is 10.1. The number of para-hydroxylation sites is 1. The zero-order chi connectivity index (χ0) is 11.2. The highest BCUT2D eigenvalue weighted by atomic mass is 16.7. The molecular weight excluding hydrogens is 204 g/mol. The summed E-state index contributed by atoms with van der Waals surface area (Å²) in [6.07, 6.45) is 1.12. The first-order chi connectivity index (χ1) is 7.92. The fraction of sp³-hybridized carbons (Fsp3) is 0.500. The smallest absolute Gasteiger partial charge is 0.0916 e. The Kier molecular flexibility index (Phi) is 4.16. The van der Waals surface area contributed by atoms with Crippen LogP contribution in [0, 0.1) is 0 Å². The number of hydroxylamine groups is 1. The predicted octanol–water partition coefficient (Wildman–Crippen LogP) is 1.32. The van der Waals surface area contributed by atoms with Crippen LogP contribution in [0.15, 0.2) is 18.2 Å². The molecule has 2 N–H and O–H groups in total. The third-order valence-electron chi connectivity index (χ3n) is 2.69. The molecule has 0 bridgehead atoms. The van der Waals surface area contributed by atoms with E-state index in [1.54, 1.807) is 7.11 Å². The molecule has 2 rings (SSSR count). The lowest BCUT2D eigenvalue weighted by Crippen LogP contribution is -2.17. The molecule has 1 aromatic carbocycles. The van der Waals surface area contributed by atoms with Crippen molar-refractivity contribution in [3.05, 3.63) is 29.3 Å². The molecule has 1 aliphatic heterocycles. The minimum atomic E-state index is 0.568. The zero-order valence-corrected chi connectivity index (χ0v) is 9.58. The van der Waals surface area contributed by atoms with Crippen molar-refractivity contribution in [3.8, 4) is 0 Å². The topological polar surface area (TPSA) is 42.5 Å². The van der Waals surface area contributed by atoms with Gasteiger partial charge in [0.25, 0.3) is 0 Å². The van der Waals surface area contributed by atoms with Gasteiger partial charge in [0, 0.05) is 25.9 Å². The summed E-state index contributed by atoms with van der Waals surface area (Å²) in [5, 5.41) is 3.40. The number of fused-ring (bicyclic) bond motifs is 1. The van der Waals surface area contributed by atoms with Crippen LogP contribution in [-0.2, 0) is 22.5 Å². The quantitative estimate of drug-likeness (QED) is 0.563. The van der Waals surface area contributed by atoms with Gasteiger partial charge >= 0.3 is 0 Å². The van der Waals surface area contributed by atoms with E-state index in [1.807, 2.05) is 0 Å². The van der Waals surface area contributed by atoms with Crippen LogP contribution in [0.25, 0.3) is 0 Å². The fourth-order valence-corrected chi connectivity index (χ4v) is 1.88. The SMILES string of the molecule is COCCONCc1cccc2c1NCC2. The molecule has 0 unspecified atom stereocenters. The average Bonchev–Trinajstić information content (AvgIpc) is 2.77. The second-order valence-electron chi connectivity index (χ2n) is 3.79. The van der Waals surface area contributed by atoms with Crippen LogP contribution in [0.4, 0.5) is 5.69 Å². The van der Waals surface area contributed by atoms with Crippen molar-refractivity contribution >= 4 is 5.69 Å². The number of hydrogen-bond donors (Lipinski definition) is 2. The van der Waals surface area contributed by atoms with Crippen LogP contribution in [0.2, 0.25) is 0 Å². The Morgan fingerprint density at radius 3 is 3.19 bits per heavy atom. The van der Waals surface area contributed by atoms with Crippen LogP contribution in [0.5, 0.6) is 0 Å². The molecule has 0 radical (unpaired) electrons. The largest absolute Gasteiger partial charge is 0.384 e.